The van der Waals surface area contributed by atoms with Gasteiger partial charge in [-0.2, -0.15) is 16.4 Å². The number of hydrogen-bond acceptors (Lipinski definition) is 3. The number of halogens is 2. The second kappa shape index (κ2) is 7.55. The SMILES string of the molecule is O=C(/C=C/c1ccc(-n2cc(Br)cn2)c(F)c1)NCc1ccsc1. The first kappa shape index (κ1) is 16.6. The third kappa shape index (κ3) is 4.18. The van der Waals surface area contributed by atoms with E-state index in [0.717, 1.165) is 10.0 Å². The van der Waals surface area contributed by atoms with Crippen molar-refractivity contribution in [3.05, 3.63) is 74.9 Å². The third-order valence-electron chi connectivity index (χ3n) is 3.24. The van der Waals surface area contributed by atoms with Gasteiger partial charge in [0.1, 0.15) is 11.5 Å². The van der Waals surface area contributed by atoms with Crippen LogP contribution < -0.4 is 5.32 Å². The van der Waals surface area contributed by atoms with Crippen LogP contribution in [0.3, 0.4) is 0 Å². The Bertz CT molecular complexity index is 874. The molecule has 2 heterocycles. The molecule has 0 aliphatic heterocycles. The monoisotopic (exact) mass is 405 g/mol. The minimum absolute atomic E-state index is 0.221. The van der Waals surface area contributed by atoms with Crippen molar-refractivity contribution in [2.24, 2.45) is 0 Å². The average Bonchev–Trinajstić information content (AvgIpc) is 3.22. The predicted octanol–water partition coefficient (Wildman–Crippen LogP) is 4.17. The number of nitrogens with one attached hydrogen (secondary N) is 1. The molecule has 7 heteroatoms. The Balaban J connectivity index is 1.64. The quantitative estimate of drug-likeness (QED) is 0.647. The topological polar surface area (TPSA) is 46.9 Å². The number of benzene rings is 1. The summed E-state index contributed by atoms with van der Waals surface area (Å²) < 4.78 is 16.4. The van der Waals surface area contributed by atoms with Crippen LogP contribution in [-0.2, 0) is 11.3 Å². The molecule has 0 fully saturated rings. The highest BCUT2D eigenvalue weighted by molar-refractivity contribution is 9.10. The zero-order valence-electron chi connectivity index (χ0n) is 12.4. The standard InChI is InChI=1S/C17H13BrFN3OS/c18-14-9-21-22(10-14)16-3-1-12(7-15(16)19)2-4-17(23)20-8-13-5-6-24-11-13/h1-7,9-11H,8H2,(H,20,23)/b4-2+. The van der Waals surface area contributed by atoms with Crippen LogP contribution in [0.15, 0.2) is 58.0 Å². The summed E-state index contributed by atoms with van der Waals surface area (Å²) >= 11 is 4.86. The number of carbonyl (C=O) groups is 1. The van der Waals surface area contributed by atoms with E-state index in [1.165, 1.54) is 16.8 Å². The molecule has 4 nitrogen and oxygen atoms in total. The van der Waals surface area contributed by atoms with Gasteiger partial charge in [0.05, 0.1) is 10.7 Å². The molecule has 0 unspecified atom stereocenters. The van der Waals surface area contributed by atoms with Crippen LogP contribution in [0.1, 0.15) is 11.1 Å². The highest BCUT2D eigenvalue weighted by Gasteiger charge is 2.06. The van der Waals surface area contributed by atoms with Gasteiger partial charge in [0.25, 0.3) is 0 Å². The van der Waals surface area contributed by atoms with Crippen molar-refractivity contribution in [3.63, 3.8) is 0 Å². The van der Waals surface area contributed by atoms with Crippen LogP contribution in [0.5, 0.6) is 0 Å². The molecule has 0 saturated carbocycles. The van der Waals surface area contributed by atoms with Gasteiger partial charge < -0.3 is 5.32 Å². The van der Waals surface area contributed by atoms with E-state index in [1.54, 1.807) is 41.9 Å². The van der Waals surface area contributed by atoms with Gasteiger partial charge in [-0.15, -0.1) is 0 Å². The maximum Gasteiger partial charge on any atom is 0.244 e. The normalized spacial score (nSPS) is 11.1. The number of aromatic nitrogens is 2. The molecular weight excluding hydrogens is 393 g/mol. The van der Waals surface area contributed by atoms with Crippen molar-refractivity contribution in [3.8, 4) is 5.69 Å². The van der Waals surface area contributed by atoms with Gasteiger partial charge in [0.15, 0.2) is 0 Å². The first-order valence-corrected chi connectivity index (χ1v) is 8.82. The van der Waals surface area contributed by atoms with Gasteiger partial charge in [-0.05, 0) is 62.1 Å². The second-order valence-electron chi connectivity index (χ2n) is 5.00. The van der Waals surface area contributed by atoms with E-state index in [0.29, 0.717) is 17.8 Å². The van der Waals surface area contributed by atoms with E-state index in [4.69, 9.17) is 0 Å². The lowest BCUT2D eigenvalue weighted by Crippen LogP contribution is -2.19. The molecular formula is C17H13BrFN3OS. The van der Waals surface area contributed by atoms with Crippen LogP contribution in [0.25, 0.3) is 11.8 Å². The first-order valence-electron chi connectivity index (χ1n) is 7.09. The van der Waals surface area contributed by atoms with Crippen LogP contribution in [-0.4, -0.2) is 15.7 Å². The summed E-state index contributed by atoms with van der Waals surface area (Å²) in [7, 11) is 0. The van der Waals surface area contributed by atoms with Gasteiger partial charge in [0, 0.05) is 18.8 Å². The number of thiophene rings is 1. The lowest BCUT2D eigenvalue weighted by Gasteiger charge is -2.04. The van der Waals surface area contributed by atoms with Crippen molar-refractivity contribution in [1.82, 2.24) is 15.1 Å². The Morgan fingerprint density at radius 3 is 2.96 bits per heavy atom. The Labute approximate surface area is 150 Å². The van der Waals surface area contributed by atoms with Crippen molar-refractivity contribution in [2.45, 2.75) is 6.54 Å². The average molecular weight is 406 g/mol. The molecule has 1 amide bonds. The summed E-state index contributed by atoms with van der Waals surface area (Å²) in [6.45, 7) is 0.480. The smallest absolute Gasteiger partial charge is 0.244 e. The fourth-order valence-electron chi connectivity index (χ4n) is 2.06. The van der Waals surface area contributed by atoms with Gasteiger partial charge in [-0.25, -0.2) is 9.07 Å². The van der Waals surface area contributed by atoms with Crippen molar-refractivity contribution in [1.29, 1.82) is 0 Å². The van der Waals surface area contributed by atoms with Gasteiger partial charge >= 0.3 is 0 Å². The van der Waals surface area contributed by atoms with E-state index in [9.17, 15) is 9.18 Å². The lowest BCUT2D eigenvalue weighted by atomic mass is 10.2. The van der Waals surface area contributed by atoms with E-state index in [2.05, 4.69) is 26.3 Å². The summed E-state index contributed by atoms with van der Waals surface area (Å²) in [5.41, 5.74) is 2.01. The van der Waals surface area contributed by atoms with Gasteiger partial charge in [0.2, 0.25) is 5.91 Å². The minimum atomic E-state index is -0.411. The summed E-state index contributed by atoms with van der Waals surface area (Å²) in [6.07, 6.45) is 6.23. The first-order chi connectivity index (χ1) is 11.6. The minimum Gasteiger partial charge on any atom is -0.348 e. The van der Waals surface area contributed by atoms with Crippen LogP contribution in [0, 0.1) is 5.82 Å². The molecule has 0 aliphatic rings. The van der Waals surface area contributed by atoms with Crippen LogP contribution >= 0.6 is 27.3 Å². The summed E-state index contributed by atoms with van der Waals surface area (Å²) in [6, 6.07) is 6.68. The zero-order valence-corrected chi connectivity index (χ0v) is 14.8. The molecule has 1 N–H and O–H groups in total. The molecule has 0 spiro atoms. The highest BCUT2D eigenvalue weighted by atomic mass is 79.9. The van der Waals surface area contributed by atoms with Gasteiger partial charge in [-0.1, -0.05) is 6.07 Å². The fourth-order valence-corrected chi connectivity index (χ4v) is 3.01. The lowest BCUT2D eigenvalue weighted by molar-refractivity contribution is -0.116. The molecule has 24 heavy (non-hydrogen) atoms. The van der Waals surface area contributed by atoms with Crippen LogP contribution in [0.4, 0.5) is 4.39 Å². The van der Waals surface area contributed by atoms with Crippen molar-refractivity contribution < 1.29 is 9.18 Å². The molecule has 0 saturated heterocycles. The second-order valence-corrected chi connectivity index (χ2v) is 6.69. The largest absolute Gasteiger partial charge is 0.348 e. The Kier molecular flexibility index (Phi) is 5.22. The summed E-state index contributed by atoms with van der Waals surface area (Å²) in [5, 5.41) is 10.8. The van der Waals surface area contributed by atoms with E-state index in [-0.39, 0.29) is 5.91 Å². The zero-order chi connectivity index (χ0) is 16.9. The number of rotatable bonds is 5. The highest BCUT2D eigenvalue weighted by Crippen LogP contribution is 2.18. The molecule has 0 atom stereocenters. The van der Waals surface area contributed by atoms with Gasteiger partial charge in [-0.3, -0.25) is 4.79 Å². The molecule has 3 aromatic rings. The molecule has 0 bridgehead atoms. The Morgan fingerprint density at radius 2 is 2.29 bits per heavy atom. The molecule has 0 aliphatic carbocycles. The summed E-state index contributed by atoms with van der Waals surface area (Å²) in [4.78, 5) is 11.8. The molecule has 2 aromatic heterocycles. The molecule has 122 valence electrons. The fraction of sp³-hybridized carbons (Fsp3) is 0.0588. The van der Waals surface area contributed by atoms with E-state index < -0.39 is 5.82 Å². The van der Waals surface area contributed by atoms with Crippen molar-refractivity contribution >= 4 is 39.2 Å². The predicted molar refractivity (Wildman–Crippen MR) is 96.4 cm³/mol. The Hall–Kier alpha value is -2.25. The number of amides is 1. The summed E-state index contributed by atoms with van der Waals surface area (Å²) in [5.74, 6) is -0.631. The molecule has 3 rings (SSSR count). The number of carbonyl (C=O) groups excluding carboxylic acids is 1. The third-order valence-corrected chi connectivity index (χ3v) is 4.39. The molecule has 1 aromatic carbocycles. The maximum absolute atomic E-state index is 14.2. The number of hydrogen-bond donors (Lipinski definition) is 1. The van der Waals surface area contributed by atoms with Crippen LogP contribution in [0.2, 0.25) is 0 Å². The van der Waals surface area contributed by atoms with Crippen molar-refractivity contribution in [2.75, 3.05) is 0 Å². The van der Waals surface area contributed by atoms with E-state index >= 15 is 0 Å². The Morgan fingerprint density at radius 1 is 1.42 bits per heavy atom. The molecule has 0 radical (unpaired) electrons. The number of nitrogens with zero attached hydrogens (tertiary/aromatic N) is 2. The maximum atomic E-state index is 14.2. The van der Waals surface area contributed by atoms with E-state index in [1.807, 2.05) is 16.8 Å².